The van der Waals surface area contributed by atoms with Crippen LogP contribution in [0.5, 0.6) is 5.75 Å². The predicted molar refractivity (Wildman–Crippen MR) is 120 cm³/mol. The van der Waals surface area contributed by atoms with Crippen molar-refractivity contribution in [3.8, 4) is 16.9 Å². The second kappa shape index (κ2) is 7.23. The molecule has 0 heterocycles. The lowest BCUT2D eigenvalue weighted by molar-refractivity contribution is 0.417. The molecule has 0 aliphatic carbocycles. The van der Waals surface area contributed by atoms with Crippen LogP contribution in [0.4, 0.5) is 0 Å². The summed E-state index contributed by atoms with van der Waals surface area (Å²) in [5, 5.41) is 3.73. The number of ether oxygens (including phenoxy) is 1. The Morgan fingerprint density at radius 1 is 0.821 bits per heavy atom. The smallest absolute Gasteiger partial charge is 0.239 e. The van der Waals surface area contributed by atoms with Gasteiger partial charge in [0.1, 0.15) is 10.6 Å². The van der Waals surface area contributed by atoms with E-state index < -0.39 is 8.27 Å². The van der Waals surface area contributed by atoms with Crippen LogP contribution in [-0.2, 0) is 8.27 Å². The molecule has 0 saturated carbocycles. The molecule has 4 aromatic rings. The molecule has 0 fully saturated rings. The molecule has 28 heavy (non-hydrogen) atoms. The van der Waals surface area contributed by atoms with E-state index in [2.05, 4.69) is 14.8 Å². The van der Waals surface area contributed by atoms with E-state index in [1.807, 2.05) is 48.5 Å². The van der Waals surface area contributed by atoms with Crippen molar-refractivity contribution < 1.29 is 13.2 Å². The van der Waals surface area contributed by atoms with Crippen molar-refractivity contribution in [3.05, 3.63) is 70.7 Å². The number of rotatable bonds is 3. The van der Waals surface area contributed by atoms with Gasteiger partial charge >= 0.3 is 0 Å². The molecule has 0 amide bonds. The summed E-state index contributed by atoms with van der Waals surface area (Å²) in [7, 11) is -2.32. The van der Waals surface area contributed by atoms with E-state index in [4.69, 9.17) is 27.9 Å². The molecule has 0 atom stereocenters. The molecule has 0 radical (unpaired) electrons. The van der Waals surface area contributed by atoms with Gasteiger partial charge in [-0.25, -0.2) is 8.42 Å². The van der Waals surface area contributed by atoms with Gasteiger partial charge in [0.15, 0.2) is 0 Å². The minimum absolute atomic E-state index is 0.0152. The second-order valence-electron chi connectivity index (χ2n) is 6.21. The number of fused-ring (bicyclic) bond motifs is 2. The van der Waals surface area contributed by atoms with Crippen LogP contribution in [0.3, 0.4) is 0 Å². The molecule has 0 spiro atoms. The van der Waals surface area contributed by atoms with Crippen LogP contribution in [0, 0.1) is 0 Å². The maximum absolute atomic E-state index is 12.7. The van der Waals surface area contributed by atoms with E-state index in [9.17, 15) is 8.42 Å². The Morgan fingerprint density at radius 2 is 1.32 bits per heavy atom. The van der Waals surface area contributed by atoms with Crippen LogP contribution in [0.15, 0.2) is 65.6 Å². The molecule has 0 bridgehead atoms. The first-order chi connectivity index (χ1) is 13.3. The summed E-state index contributed by atoms with van der Waals surface area (Å²) < 4.78 is 31.0. The van der Waals surface area contributed by atoms with Crippen molar-refractivity contribution in [1.82, 2.24) is 0 Å². The molecular weight excluding hydrogens is 483 g/mol. The van der Waals surface area contributed by atoms with Gasteiger partial charge in [-0.1, -0.05) is 71.7 Å². The van der Waals surface area contributed by atoms with Crippen molar-refractivity contribution >= 4 is 67.8 Å². The fraction of sp³-hybridized carbons (Fsp3) is 0.0476. The highest BCUT2D eigenvalue weighted by atomic mass is 79.9. The summed E-state index contributed by atoms with van der Waals surface area (Å²) in [6.45, 7) is 0. The van der Waals surface area contributed by atoms with E-state index in [1.165, 1.54) is 7.11 Å². The number of halogens is 3. The van der Waals surface area contributed by atoms with E-state index in [0.29, 0.717) is 21.9 Å². The fourth-order valence-corrected chi connectivity index (χ4v) is 6.37. The largest absolute Gasteiger partial charge is 0.495 e. The molecule has 0 unspecified atom stereocenters. The fourth-order valence-electron chi connectivity index (χ4n) is 3.52. The summed E-state index contributed by atoms with van der Waals surface area (Å²) in [4.78, 5) is -0.0152. The van der Waals surface area contributed by atoms with Gasteiger partial charge in [0.05, 0.1) is 32.0 Å². The monoisotopic (exact) mass is 494 g/mol. The minimum Gasteiger partial charge on any atom is -0.495 e. The average Bonchev–Trinajstić information content (AvgIpc) is 2.65. The van der Waals surface area contributed by atoms with Gasteiger partial charge in [0, 0.05) is 11.1 Å². The summed E-state index contributed by atoms with van der Waals surface area (Å²) in [6, 6.07) is 18.5. The number of benzene rings is 4. The Morgan fingerprint density at radius 3 is 1.86 bits per heavy atom. The first-order valence-corrected chi connectivity index (χ1v) is 12.3. The molecule has 3 nitrogen and oxygen atoms in total. The SMILES string of the molecule is COc1c(Cl)cc2ccccc2c1-c1c(S(=O)(=O)Br)c(Cl)cc2ccccc12. The Hall–Kier alpha value is -1.79. The van der Waals surface area contributed by atoms with E-state index >= 15 is 0 Å². The predicted octanol–water partition coefficient (Wildman–Crippen LogP) is 7.06. The van der Waals surface area contributed by atoms with Crippen LogP contribution in [0.2, 0.25) is 10.0 Å². The molecule has 0 saturated heterocycles. The average molecular weight is 496 g/mol. The standard InChI is InChI=1S/C21H13BrCl2O3S/c1-27-20-16(23)10-12-6-2-4-8-14(12)18(20)19-15-9-5-3-7-13(15)11-17(24)21(19)28(22,25)26/h2-11H,1H3. The lowest BCUT2D eigenvalue weighted by Crippen LogP contribution is -2.00. The van der Waals surface area contributed by atoms with E-state index in [1.54, 1.807) is 12.1 Å². The first-order valence-electron chi connectivity index (χ1n) is 8.24. The van der Waals surface area contributed by atoms with Crippen LogP contribution < -0.4 is 4.74 Å². The normalized spacial score (nSPS) is 11.9. The van der Waals surface area contributed by atoms with Gasteiger partial charge in [-0.15, -0.1) is 0 Å². The molecule has 4 rings (SSSR count). The lowest BCUT2D eigenvalue weighted by atomic mass is 9.93. The van der Waals surface area contributed by atoms with E-state index in [0.717, 1.165) is 21.5 Å². The summed E-state index contributed by atoms with van der Waals surface area (Å²) in [5.41, 5.74) is 1.04. The van der Waals surface area contributed by atoms with Gasteiger partial charge < -0.3 is 4.74 Å². The number of methoxy groups -OCH3 is 1. The Kier molecular flexibility index (Phi) is 5.04. The van der Waals surface area contributed by atoms with Gasteiger partial charge in [0.25, 0.3) is 0 Å². The topological polar surface area (TPSA) is 43.4 Å². The minimum atomic E-state index is -3.83. The van der Waals surface area contributed by atoms with Gasteiger partial charge in [0.2, 0.25) is 8.27 Å². The summed E-state index contributed by atoms with van der Waals surface area (Å²) in [6.07, 6.45) is 0. The quantitative estimate of drug-likeness (QED) is 0.286. The zero-order chi connectivity index (χ0) is 20.1. The summed E-state index contributed by atoms with van der Waals surface area (Å²) in [5.74, 6) is 0.394. The van der Waals surface area contributed by atoms with Crippen LogP contribution >= 0.6 is 38.0 Å². The zero-order valence-corrected chi connectivity index (χ0v) is 18.5. The molecule has 142 valence electrons. The maximum Gasteiger partial charge on any atom is 0.239 e. The molecule has 7 heteroatoms. The molecule has 0 aromatic heterocycles. The Labute approximate surface area is 180 Å². The maximum atomic E-state index is 12.7. The highest BCUT2D eigenvalue weighted by Crippen LogP contribution is 2.49. The third kappa shape index (κ3) is 3.16. The van der Waals surface area contributed by atoms with E-state index in [-0.39, 0.29) is 9.92 Å². The highest BCUT2D eigenvalue weighted by Gasteiger charge is 2.27. The summed E-state index contributed by atoms with van der Waals surface area (Å²) >= 11 is 15.8. The second-order valence-corrected chi connectivity index (χ2v) is 10.9. The number of hydrogen-bond acceptors (Lipinski definition) is 3. The van der Waals surface area contributed by atoms with Crippen molar-refractivity contribution in [1.29, 1.82) is 0 Å². The van der Waals surface area contributed by atoms with Crippen LogP contribution in [0.25, 0.3) is 32.7 Å². The first kappa shape index (κ1) is 19.5. The highest BCUT2D eigenvalue weighted by molar-refractivity contribution is 9.47. The van der Waals surface area contributed by atoms with Crippen molar-refractivity contribution in [2.24, 2.45) is 0 Å². The number of hydrogen-bond donors (Lipinski definition) is 0. The van der Waals surface area contributed by atoms with Crippen molar-refractivity contribution in [2.75, 3.05) is 7.11 Å². The van der Waals surface area contributed by atoms with Crippen molar-refractivity contribution in [2.45, 2.75) is 4.90 Å². The molecule has 4 aromatic carbocycles. The Balaban J connectivity index is 2.35. The third-order valence-corrected chi connectivity index (χ3v) is 7.18. The van der Waals surface area contributed by atoms with Crippen LogP contribution in [0.1, 0.15) is 0 Å². The third-order valence-electron chi connectivity index (χ3n) is 4.61. The van der Waals surface area contributed by atoms with Gasteiger partial charge in [-0.3, -0.25) is 0 Å². The zero-order valence-electron chi connectivity index (χ0n) is 14.5. The molecular formula is C21H13BrCl2O3S. The van der Waals surface area contributed by atoms with Gasteiger partial charge in [-0.05, 0) is 33.7 Å². The van der Waals surface area contributed by atoms with Crippen LogP contribution in [-0.4, -0.2) is 15.5 Å². The molecule has 0 aliphatic rings. The lowest BCUT2D eigenvalue weighted by Gasteiger charge is -2.19. The molecule has 0 aliphatic heterocycles. The van der Waals surface area contributed by atoms with Crippen molar-refractivity contribution in [3.63, 3.8) is 0 Å². The molecule has 0 N–H and O–H groups in total. The van der Waals surface area contributed by atoms with Gasteiger partial charge in [-0.2, -0.15) is 0 Å². The Bertz CT molecular complexity index is 1350.